The van der Waals surface area contributed by atoms with Crippen LogP contribution < -0.4 is 0 Å². The number of carbonyl (C=O) groups is 1. The topological polar surface area (TPSA) is 43.8 Å². The van der Waals surface area contributed by atoms with Gasteiger partial charge in [0.05, 0.1) is 6.54 Å². The molecule has 1 N–H and O–H groups in total. The first-order valence-electron chi connectivity index (χ1n) is 6.83. The van der Waals surface area contributed by atoms with Gasteiger partial charge in [-0.05, 0) is 32.2 Å². The van der Waals surface area contributed by atoms with Crippen molar-refractivity contribution in [3.05, 3.63) is 0 Å². The fourth-order valence-corrected chi connectivity index (χ4v) is 2.77. The number of nitrogens with zero attached hydrogens (tertiary/aromatic N) is 2. The Balaban J connectivity index is 1.75. The summed E-state index contributed by atoms with van der Waals surface area (Å²) >= 11 is 0. The summed E-state index contributed by atoms with van der Waals surface area (Å²) < 4.78 is 0. The first kappa shape index (κ1) is 12.8. The summed E-state index contributed by atoms with van der Waals surface area (Å²) in [5.74, 6) is 0.271. The highest BCUT2D eigenvalue weighted by atomic mass is 16.4. The lowest BCUT2D eigenvalue weighted by Gasteiger charge is -2.27. The highest BCUT2D eigenvalue weighted by Crippen LogP contribution is 2.34. The SMILES string of the molecule is CC(CC1CC1)N1CCCN(CC(=O)O)CC1. The molecule has 1 unspecified atom stereocenters. The molecule has 0 amide bonds. The van der Waals surface area contributed by atoms with Crippen LogP contribution in [-0.4, -0.2) is 59.6 Å². The lowest BCUT2D eigenvalue weighted by Crippen LogP contribution is -2.38. The Morgan fingerprint density at radius 3 is 2.71 bits per heavy atom. The van der Waals surface area contributed by atoms with Crippen molar-refractivity contribution in [2.45, 2.75) is 38.6 Å². The largest absolute Gasteiger partial charge is 0.480 e. The number of aliphatic carboxylic acids is 1. The van der Waals surface area contributed by atoms with Crippen LogP contribution in [-0.2, 0) is 4.79 Å². The van der Waals surface area contributed by atoms with Gasteiger partial charge in [-0.2, -0.15) is 0 Å². The van der Waals surface area contributed by atoms with E-state index < -0.39 is 5.97 Å². The summed E-state index contributed by atoms with van der Waals surface area (Å²) in [5, 5.41) is 8.80. The average Bonchev–Trinajstić information content (AvgIpc) is 3.04. The van der Waals surface area contributed by atoms with E-state index in [0.29, 0.717) is 6.04 Å². The molecule has 4 heteroatoms. The third-order valence-electron chi connectivity index (χ3n) is 3.98. The molecule has 1 heterocycles. The minimum absolute atomic E-state index is 0.199. The lowest BCUT2D eigenvalue weighted by molar-refractivity contribution is -0.138. The Morgan fingerprint density at radius 1 is 1.29 bits per heavy atom. The van der Waals surface area contributed by atoms with Crippen molar-refractivity contribution in [1.29, 1.82) is 0 Å². The van der Waals surface area contributed by atoms with Crippen molar-refractivity contribution in [1.82, 2.24) is 9.80 Å². The van der Waals surface area contributed by atoms with Crippen molar-refractivity contribution < 1.29 is 9.90 Å². The molecule has 0 bridgehead atoms. The molecule has 98 valence electrons. The number of carboxylic acids is 1. The summed E-state index contributed by atoms with van der Waals surface area (Å²) in [6.07, 6.45) is 5.27. The van der Waals surface area contributed by atoms with E-state index in [0.717, 1.165) is 38.5 Å². The van der Waals surface area contributed by atoms with Crippen LogP contribution in [0.2, 0.25) is 0 Å². The predicted molar refractivity (Wildman–Crippen MR) is 67.1 cm³/mol. The number of carboxylic acid groups (broad SMARTS) is 1. The van der Waals surface area contributed by atoms with Crippen LogP contribution in [0.1, 0.15) is 32.6 Å². The summed E-state index contributed by atoms with van der Waals surface area (Å²) in [5.41, 5.74) is 0. The van der Waals surface area contributed by atoms with Crippen molar-refractivity contribution in [3.8, 4) is 0 Å². The smallest absolute Gasteiger partial charge is 0.317 e. The molecule has 2 aliphatic rings. The lowest BCUT2D eigenvalue weighted by atomic mass is 10.1. The summed E-state index contributed by atoms with van der Waals surface area (Å²) in [6, 6.07) is 0.673. The minimum atomic E-state index is -0.704. The van der Waals surface area contributed by atoms with E-state index in [1.165, 1.54) is 19.3 Å². The van der Waals surface area contributed by atoms with E-state index in [1.54, 1.807) is 0 Å². The highest BCUT2D eigenvalue weighted by Gasteiger charge is 2.27. The maximum atomic E-state index is 10.7. The molecule has 0 spiro atoms. The van der Waals surface area contributed by atoms with Gasteiger partial charge in [-0.15, -0.1) is 0 Å². The number of hydrogen-bond acceptors (Lipinski definition) is 3. The van der Waals surface area contributed by atoms with Gasteiger partial charge in [0.2, 0.25) is 0 Å². The standard InChI is InChI=1S/C13H24N2O2/c1-11(9-12-3-4-12)15-6-2-5-14(7-8-15)10-13(16)17/h11-12H,2-10H2,1H3,(H,16,17). The van der Waals surface area contributed by atoms with Crippen LogP contribution in [0.3, 0.4) is 0 Å². The summed E-state index contributed by atoms with van der Waals surface area (Å²) in [6.45, 7) is 6.52. The number of hydrogen-bond donors (Lipinski definition) is 1. The van der Waals surface area contributed by atoms with Gasteiger partial charge in [-0.1, -0.05) is 12.8 Å². The zero-order chi connectivity index (χ0) is 12.3. The molecule has 17 heavy (non-hydrogen) atoms. The molecule has 0 aromatic rings. The van der Waals surface area contributed by atoms with Crippen LogP contribution >= 0.6 is 0 Å². The third kappa shape index (κ3) is 4.28. The van der Waals surface area contributed by atoms with Gasteiger partial charge in [0.15, 0.2) is 0 Å². The molecule has 1 saturated heterocycles. The molecule has 1 atom stereocenters. The van der Waals surface area contributed by atoms with E-state index in [2.05, 4.69) is 16.7 Å². The normalized spacial score (nSPS) is 25.5. The van der Waals surface area contributed by atoms with Gasteiger partial charge in [0.1, 0.15) is 0 Å². The van der Waals surface area contributed by atoms with Crippen molar-refractivity contribution in [3.63, 3.8) is 0 Å². The van der Waals surface area contributed by atoms with E-state index in [-0.39, 0.29) is 6.54 Å². The van der Waals surface area contributed by atoms with E-state index in [4.69, 9.17) is 5.11 Å². The summed E-state index contributed by atoms with van der Waals surface area (Å²) in [4.78, 5) is 15.3. The van der Waals surface area contributed by atoms with Crippen molar-refractivity contribution in [2.75, 3.05) is 32.7 Å². The van der Waals surface area contributed by atoms with Crippen LogP contribution in [0.5, 0.6) is 0 Å². The minimum Gasteiger partial charge on any atom is -0.480 e. The second-order valence-electron chi connectivity index (χ2n) is 5.59. The second-order valence-corrected chi connectivity index (χ2v) is 5.59. The molecule has 2 rings (SSSR count). The molecule has 0 aromatic heterocycles. The van der Waals surface area contributed by atoms with Crippen LogP contribution in [0.4, 0.5) is 0 Å². The van der Waals surface area contributed by atoms with E-state index >= 15 is 0 Å². The van der Waals surface area contributed by atoms with E-state index in [9.17, 15) is 4.79 Å². The molecular weight excluding hydrogens is 216 g/mol. The molecular formula is C13H24N2O2. The zero-order valence-electron chi connectivity index (χ0n) is 10.8. The van der Waals surface area contributed by atoms with Crippen molar-refractivity contribution in [2.24, 2.45) is 5.92 Å². The Labute approximate surface area is 104 Å². The Hall–Kier alpha value is -0.610. The molecule has 4 nitrogen and oxygen atoms in total. The van der Waals surface area contributed by atoms with Crippen LogP contribution in [0, 0.1) is 5.92 Å². The fourth-order valence-electron chi connectivity index (χ4n) is 2.77. The van der Waals surface area contributed by atoms with Gasteiger partial charge in [-0.25, -0.2) is 0 Å². The van der Waals surface area contributed by atoms with Crippen molar-refractivity contribution >= 4 is 5.97 Å². The fraction of sp³-hybridized carbons (Fsp3) is 0.923. The third-order valence-corrected chi connectivity index (χ3v) is 3.98. The van der Waals surface area contributed by atoms with Gasteiger partial charge in [0, 0.05) is 25.7 Å². The Kier molecular flexibility index (Phi) is 4.40. The Morgan fingerprint density at radius 2 is 2.06 bits per heavy atom. The quantitative estimate of drug-likeness (QED) is 0.786. The highest BCUT2D eigenvalue weighted by molar-refractivity contribution is 5.69. The first-order chi connectivity index (χ1) is 8.15. The molecule has 0 aromatic carbocycles. The predicted octanol–water partition coefficient (Wildman–Crippen LogP) is 1.27. The van der Waals surface area contributed by atoms with Gasteiger partial charge >= 0.3 is 5.97 Å². The summed E-state index contributed by atoms with van der Waals surface area (Å²) in [7, 11) is 0. The average molecular weight is 240 g/mol. The maximum absolute atomic E-state index is 10.7. The van der Waals surface area contributed by atoms with Crippen LogP contribution in [0.15, 0.2) is 0 Å². The number of rotatable bonds is 5. The van der Waals surface area contributed by atoms with Gasteiger partial charge in [-0.3, -0.25) is 14.6 Å². The molecule has 1 aliphatic heterocycles. The maximum Gasteiger partial charge on any atom is 0.317 e. The van der Waals surface area contributed by atoms with Gasteiger partial charge < -0.3 is 5.11 Å². The van der Waals surface area contributed by atoms with Crippen LogP contribution in [0.25, 0.3) is 0 Å². The first-order valence-corrected chi connectivity index (χ1v) is 6.83. The molecule has 1 aliphatic carbocycles. The van der Waals surface area contributed by atoms with E-state index in [1.807, 2.05) is 0 Å². The van der Waals surface area contributed by atoms with Gasteiger partial charge in [0.25, 0.3) is 0 Å². The molecule has 2 fully saturated rings. The second kappa shape index (κ2) is 5.83. The molecule has 0 radical (unpaired) electrons. The zero-order valence-corrected chi connectivity index (χ0v) is 10.8. The Bertz CT molecular complexity index is 266. The molecule has 1 saturated carbocycles. The monoisotopic (exact) mass is 240 g/mol.